The minimum absolute atomic E-state index is 0.122. The summed E-state index contributed by atoms with van der Waals surface area (Å²) in [4.78, 5) is 40.8. The van der Waals surface area contributed by atoms with Gasteiger partial charge in [-0.05, 0) is 13.8 Å². The van der Waals surface area contributed by atoms with Crippen LogP contribution in [-0.4, -0.2) is 43.5 Å². The lowest BCUT2D eigenvalue weighted by molar-refractivity contribution is -0.141. The Balaban J connectivity index is 2.22. The first-order valence-corrected chi connectivity index (χ1v) is 7.48. The van der Waals surface area contributed by atoms with Crippen molar-refractivity contribution in [1.29, 1.82) is 0 Å². The average Bonchev–Trinajstić information content (AvgIpc) is 2.90. The van der Waals surface area contributed by atoms with Crippen LogP contribution in [0.3, 0.4) is 0 Å². The van der Waals surface area contributed by atoms with E-state index in [-0.39, 0.29) is 18.8 Å². The molecular weight excluding hydrogens is 316 g/mol. The standard InChI is InChI=1S/C14H18N6O4/c1-5-24-9(21)7-20-13-15-11-10(19(13)6-8(2)16-20)12(22)18(4)14(23)17(11)3/h5-7H2,1-4H3. The normalized spacial score (nSPS) is 13.8. The SMILES string of the molecule is CCOC(=O)CN1N=C(C)Cn2c1nc1c2c(=O)n(C)c(=O)n1C. The number of carbonyl (C=O) groups is 1. The number of anilines is 1. The highest BCUT2D eigenvalue weighted by atomic mass is 16.5. The maximum Gasteiger partial charge on any atom is 0.332 e. The maximum absolute atomic E-state index is 12.5. The molecule has 3 heterocycles. The number of ether oxygens (including phenoxy) is 1. The molecule has 0 atom stereocenters. The van der Waals surface area contributed by atoms with Gasteiger partial charge in [0.2, 0.25) is 5.95 Å². The van der Waals surface area contributed by atoms with E-state index in [0.717, 1.165) is 4.57 Å². The first-order valence-electron chi connectivity index (χ1n) is 7.48. The predicted octanol–water partition coefficient (Wildman–Crippen LogP) is -0.807. The lowest BCUT2D eigenvalue weighted by Gasteiger charge is -2.23. The number of hydrogen-bond donors (Lipinski definition) is 0. The zero-order valence-corrected chi connectivity index (χ0v) is 13.9. The largest absolute Gasteiger partial charge is 0.465 e. The molecule has 0 saturated heterocycles. The molecule has 2 aromatic heterocycles. The minimum Gasteiger partial charge on any atom is -0.465 e. The summed E-state index contributed by atoms with van der Waals surface area (Å²) in [5, 5.41) is 5.70. The molecule has 24 heavy (non-hydrogen) atoms. The van der Waals surface area contributed by atoms with Crippen LogP contribution >= 0.6 is 0 Å². The van der Waals surface area contributed by atoms with Crippen LogP contribution in [0.5, 0.6) is 0 Å². The fraction of sp³-hybridized carbons (Fsp3) is 0.500. The molecule has 0 spiro atoms. The highest BCUT2D eigenvalue weighted by Gasteiger charge is 2.27. The highest BCUT2D eigenvalue weighted by molar-refractivity contribution is 5.89. The van der Waals surface area contributed by atoms with Gasteiger partial charge in [-0.1, -0.05) is 0 Å². The smallest absolute Gasteiger partial charge is 0.332 e. The Morgan fingerprint density at radius 3 is 2.62 bits per heavy atom. The van der Waals surface area contributed by atoms with Crippen molar-refractivity contribution in [2.45, 2.75) is 20.4 Å². The number of aromatic nitrogens is 4. The van der Waals surface area contributed by atoms with Gasteiger partial charge in [-0.25, -0.2) is 9.80 Å². The topological polar surface area (TPSA) is 104 Å². The number of esters is 1. The van der Waals surface area contributed by atoms with Crippen LogP contribution in [0.2, 0.25) is 0 Å². The molecule has 0 aromatic carbocycles. The molecule has 1 aliphatic rings. The molecule has 0 bridgehead atoms. The zero-order chi connectivity index (χ0) is 17.6. The third-order valence-electron chi connectivity index (χ3n) is 3.82. The highest BCUT2D eigenvalue weighted by Crippen LogP contribution is 2.23. The van der Waals surface area contributed by atoms with Gasteiger partial charge in [-0.15, -0.1) is 0 Å². The van der Waals surface area contributed by atoms with Crippen LogP contribution in [0.4, 0.5) is 5.95 Å². The van der Waals surface area contributed by atoms with Crippen molar-refractivity contribution < 1.29 is 9.53 Å². The number of hydrogen-bond acceptors (Lipinski definition) is 7. The molecule has 0 aliphatic carbocycles. The van der Waals surface area contributed by atoms with Crippen LogP contribution in [0.1, 0.15) is 13.8 Å². The van der Waals surface area contributed by atoms with Crippen molar-refractivity contribution in [1.82, 2.24) is 18.7 Å². The van der Waals surface area contributed by atoms with E-state index in [1.807, 2.05) is 0 Å². The molecule has 0 amide bonds. The Morgan fingerprint density at radius 1 is 1.25 bits per heavy atom. The fourth-order valence-electron chi connectivity index (χ4n) is 2.73. The van der Waals surface area contributed by atoms with Crippen molar-refractivity contribution >= 4 is 28.8 Å². The van der Waals surface area contributed by atoms with Crippen molar-refractivity contribution in [2.24, 2.45) is 19.2 Å². The van der Waals surface area contributed by atoms with E-state index in [4.69, 9.17) is 4.74 Å². The molecule has 0 unspecified atom stereocenters. The number of aryl methyl sites for hydroxylation is 1. The summed E-state index contributed by atoms with van der Waals surface area (Å²) in [6.07, 6.45) is 0. The molecule has 10 nitrogen and oxygen atoms in total. The lowest BCUT2D eigenvalue weighted by atomic mass is 10.4. The van der Waals surface area contributed by atoms with Gasteiger partial charge in [0.15, 0.2) is 11.2 Å². The van der Waals surface area contributed by atoms with Crippen LogP contribution in [-0.2, 0) is 30.2 Å². The molecule has 0 fully saturated rings. The Hall–Kier alpha value is -2.91. The molecule has 10 heteroatoms. The summed E-state index contributed by atoms with van der Waals surface area (Å²) < 4.78 is 8.95. The van der Waals surface area contributed by atoms with Gasteiger partial charge in [0.25, 0.3) is 5.56 Å². The summed E-state index contributed by atoms with van der Waals surface area (Å²) in [5.74, 6) is -0.113. The second-order valence-electron chi connectivity index (χ2n) is 5.57. The van der Waals surface area contributed by atoms with E-state index >= 15 is 0 Å². The van der Waals surface area contributed by atoms with Crippen LogP contribution in [0.25, 0.3) is 11.2 Å². The van der Waals surface area contributed by atoms with E-state index in [1.165, 1.54) is 16.6 Å². The summed E-state index contributed by atoms with van der Waals surface area (Å²) in [6.45, 7) is 4.01. The Kier molecular flexibility index (Phi) is 3.74. The van der Waals surface area contributed by atoms with Crippen LogP contribution in [0.15, 0.2) is 14.7 Å². The number of carbonyl (C=O) groups excluding carboxylic acids is 1. The first-order chi connectivity index (χ1) is 11.3. The summed E-state index contributed by atoms with van der Waals surface area (Å²) in [7, 11) is 2.97. The van der Waals surface area contributed by atoms with E-state index in [1.54, 1.807) is 25.5 Å². The van der Waals surface area contributed by atoms with E-state index in [0.29, 0.717) is 23.7 Å². The molecule has 1 aliphatic heterocycles. The molecule has 0 N–H and O–H groups in total. The second kappa shape index (κ2) is 5.62. The summed E-state index contributed by atoms with van der Waals surface area (Å²) in [6, 6.07) is 0. The van der Waals surface area contributed by atoms with Crippen molar-refractivity contribution in [2.75, 3.05) is 18.2 Å². The third kappa shape index (κ3) is 2.30. The van der Waals surface area contributed by atoms with Gasteiger partial charge in [0.1, 0.15) is 6.54 Å². The van der Waals surface area contributed by atoms with Gasteiger partial charge < -0.3 is 4.74 Å². The van der Waals surface area contributed by atoms with Crippen molar-refractivity contribution in [3.63, 3.8) is 0 Å². The fourth-order valence-corrected chi connectivity index (χ4v) is 2.73. The Bertz CT molecular complexity index is 980. The lowest BCUT2D eigenvalue weighted by Crippen LogP contribution is -2.38. The van der Waals surface area contributed by atoms with Crippen molar-refractivity contribution in [3.8, 4) is 0 Å². The predicted molar refractivity (Wildman–Crippen MR) is 87.3 cm³/mol. The minimum atomic E-state index is -0.461. The second-order valence-corrected chi connectivity index (χ2v) is 5.57. The van der Waals surface area contributed by atoms with Gasteiger partial charge >= 0.3 is 11.7 Å². The van der Waals surface area contributed by atoms with E-state index in [9.17, 15) is 14.4 Å². The van der Waals surface area contributed by atoms with Gasteiger partial charge in [0.05, 0.1) is 18.9 Å². The van der Waals surface area contributed by atoms with Gasteiger partial charge in [-0.2, -0.15) is 10.1 Å². The number of hydrazone groups is 1. The molecule has 0 radical (unpaired) electrons. The van der Waals surface area contributed by atoms with Crippen LogP contribution in [0, 0.1) is 0 Å². The number of imidazole rings is 1. The van der Waals surface area contributed by atoms with E-state index in [2.05, 4.69) is 10.1 Å². The molecular formula is C14H18N6O4. The summed E-state index contributed by atoms with van der Waals surface area (Å²) >= 11 is 0. The number of fused-ring (bicyclic) bond motifs is 3. The first kappa shape index (κ1) is 16.0. The van der Waals surface area contributed by atoms with Gasteiger partial charge in [0, 0.05) is 14.1 Å². The molecule has 3 rings (SSSR count). The van der Waals surface area contributed by atoms with Gasteiger partial charge in [-0.3, -0.25) is 23.3 Å². The maximum atomic E-state index is 12.5. The third-order valence-corrected chi connectivity index (χ3v) is 3.82. The Labute approximate surface area is 136 Å². The number of rotatable bonds is 3. The number of nitrogens with zero attached hydrogens (tertiary/aromatic N) is 6. The Morgan fingerprint density at radius 2 is 1.96 bits per heavy atom. The molecule has 0 saturated carbocycles. The zero-order valence-electron chi connectivity index (χ0n) is 13.9. The molecule has 2 aromatic rings. The van der Waals surface area contributed by atoms with Crippen LogP contribution < -0.4 is 16.3 Å². The molecule has 128 valence electrons. The van der Waals surface area contributed by atoms with Crippen molar-refractivity contribution in [3.05, 3.63) is 20.8 Å². The summed E-state index contributed by atoms with van der Waals surface area (Å²) in [5.41, 5.74) is 0.381. The quantitative estimate of drug-likeness (QED) is 0.680. The monoisotopic (exact) mass is 334 g/mol. The average molecular weight is 334 g/mol. The van der Waals surface area contributed by atoms with E-state index < -0.39 is 17.2 Å².